The summed E-state index contributed by atoms with van der Waals surface area (Å²) in [5, 5.41) is 5.33. The molecule has 158 valence electrons. The van der Waals surface area contributed by atoms with Gasteiger partial charge in [-0.2, -0.15) is 0 Å². The largest absolute Gasteiger partial charge is 0.371 e. The SMILES string of the molecule is CNC(=O)Nc1ccc(-c2nc(-c3ccccc3)cc(N3CC4CCC(C3)O4)n2)cc1. The number of rotatable bonds is 4. The molecule has 0 saturated carbocycles. The van der Waals surface area contributed by atoms with Crippen LogP contribution in [-0.2, 0) is 4.74 Å². The van der Waals surface area contributed by atoms with E-state index in [0.29, 0.717) is 11.5 Å². The molecule has 0 radical (unpaired) electrons. The Morgan fingerprint density at radius 1 is 0.968 bits per heavy atom. The number of urea groups is 1. The quantitative estimate of drug-likeness (QED) is 0.675. The maximum absolute atomic E-state index is 11.6. The maximum Gasteiger partial charge on any atom is 0.318 e. The number of ether oxygens (including phenoxy) is 1. The van der Waals surface area contributed by atoms with Crippen LogP contribution < -0.4 is 15.5 Å². The van der Waals surface area contributed by atoms with Gasteiger partial charge in [0, 0.05) is 43.0 Å². The molecule has 2 bridgehead atoms. The van der Waals surface area contributed by atoms with Crippen LogP contribution in [0.5, 0.6) is 0 Å². The Bertz CT molecular complexity index is 1060. The predicted molar refractivity (Wildman–Crippen MR) is 121 cm³/mol. The fourth-order valence-electron chi connectivity index (χ4n) is 4.18. The minimum Gasteiger partial charge on any atom is -0.371 e. The van der Waals surface area contributed by atoms with Crippen LogP contribution in [-0.4, -0.2) is 48.3 Å². The van der Waals surface area contributed by atoms with Gasteiger partial charge >= 0.3 is 6.03 Å². The van der Waals surface area contributed by atoms with Crippen LogP contribution in [0.4, 0.5) is 16.3 Å². The zero-order chi connectivity index (χ0) is 21.2. The molecular weight excluding hydrogens is 390 g/mol. The molecule has 1 aromatic heterocycles. The Kier molecular flexibility index (Phi) is 5.26. The van der Waals surface area contributed by atoms with Gasteiger partial charge in [-0.25, -0.2) is 14.8 Å². The lowest BCUT2D eigenvalue weighted by atomic mass is 10.1. The van der Waals surface area contributed by atoms with Crippen molar-refractivity contribution in [2.45, 2.75) is 25.0 Å². The number of carbonyl (C=O) groups excluding carboxylic acids is 1. The molecule has 2 unspecified atom stereocenters. The number of hydrogen-bond donors (Lipinski definition) is 2. The van der Waals surface area contributed by atoms with Crippen LogP contribution in [0.15, 0.2) is 60.7 Å². The lowest BCUT2D eigenvalue weighted by molar-refractivity contribution is 0.0302. The minimum atomic E-state index is -0.251. The predicted octanol–water partition coefficient (Wildman–Crippen LogP) is 3.93. The molecule has 7 heteroatoms. The molecule has 2 atom stereocenters. The Morgan fingerprint density at radius 3 is 2.35 bits per heavy atom. The van der Waals surface area contributed by atoms with E-state index in [9.17, 15) is 4.79 Å². The van der Waals surface area contributed by atoms with Crippen molar-refractivity contribution in [3.8, 4) is 22.6 Å². The van der Waals surface area contributed by atoms with Crippen LogP contribution in [0.2, 0.25) is 0 Å². The van der Waals surface area contributed by atoms with Crippen molar-refractivity contribution in [3.05, 3.63) is 60.7 Å². The highest BCUT2D eigenvalue weighted by molar-refractivity contribution is 5.89. The van der Waals surface area contributed by atoms with Gasteiger partial charge in [0.2, 0.25) is 0 Å². The van der Waals surface area contributed by atoms with Crippen molar-refractivity contribution in [1.82, 2.24) is 15.3 Å². The molecule has 7 nitrogen and oxygen atoms in total. The molecule has 3 aromatic rings. The van der Waals surface area contributed by atoms with Crippen LogP contribution in [0.3, 0.4) is 0 Å². The summed E-state index contributed by atoms with van der Waals surface area (Å²) in [4.78, 5) is 23.7. The average molecular weight is 415 g/mol. The molecule has 2 N–H and O–H groups in total. The first-order chi connectivity index (χ1) is 15.2. The van der Waals surface area contributed by atoms with E-state index < -0.39 is 0 Å². The van der Waals surface area contributed by atoms with E-state index in [2.05, 4.69) is 33.7 Å². The number of morpholine rings is 1. The highest BCUT2D eigenvalue weighted by Gasteiger charge is 2.34. The number of nitrogens with one attached hydrogen (secondary N) is 2. The van der Waals surface area contributed by atoms with Gasteiger partial charge in [-0.15, -0.1) is 0 Å². The molecule has 0 aliphatic carbocycles. The topological polar surface area (TPSA) is 79.4 Å². The van der Waals surface area contributed by atoms with Gasteiger partial charge in [0.15, 0.2) is 5.82 Å². The Balaban J connectivity index is 1.51. The fraction of sp³-hybridized carbons (Fsp3) is 0.292. The standard InChI is InChI=1S/C24H25N5O2/c1-25-24(30)26-18-9-7-17(8-10-18)23-27-21(16-5-3-2-4-6-16)13-22(28-23)29-14-19-11-12-20(15-29)31-19/h2-10,13,19-20H,11-12,14-15H2,1H3,(H2,25,26,30). The number of fused-ring (bicyclic) bond motifs is 2. The highest BCUT2D eigenvalue weighted by atomic mass is 16.5. The van der Waals surface area contributed by atoms with Crippen LogP contribution in [0.25, 0.3) is 22.6 Å². The Labute approximate surface area is 181 Å². The van der Waals surface area contributed by atoms with Crippen molar-refractivity contribution < 1.29 is 9.53 Å². The lowest BCUT2D eigenvalue weighted by Gasteiger charge is -2.33. The zero-order valence-corrected chi connectivity index (χ0v) is 17.4. The van der Waals surface area contributed by atoms with Gasteiger partial charge < -0.3 is 20.3 Å². The summed E-state index contributed by atoms with van der Waals surface area (Å²) in [6.45, 7) is 1.71. The number of carbonyl (C=O) groups is 1. The van der Waals surface area contributed by atoms with E-state index in [1.165, 1.54) is 0 Å². The number of hydrogen-bond acceptors (Lipinski definition) is 5. The number of aromatic nitrogens is 2. The molecular formula is C24H25N5O2. The van der Waals surface area contributed by atoms with E-state index >= 15 is 0 Å². The van der Waals surface area contributed by atoms with Crippen molar-refractivity contribution >= 4 is 17.5 Å². The molecule has 0 spiro atoms. The van der Waals surface area contributed by atoms with E-state index in [1.54, 1.807) is 7.05 Å². The van der Waals surface area contributed by atoms with Gasteiger partial charge in [-0.05, 0) is 37.1 Å². The van der Waals surface area contributed by atoms with Crippen molar-refractivity contribution in [2.75, 3.05) is 30.4 Å². The maximum atomic E-state index is 11.6. The van der Waals surface area contributed by atoms with E-state index in [1.807, 2.05) is 42.5 Å². The van der Waals surface area contributed by atoms with E-state index in [4.69, 9.17) is 14.7 Å². The van der Waals surface area contributed by atoms with Crippen LogP contribution in [0.1, 0.15) is 12.8 Å². The normalized spacial score (nSPS) is 19.8. The monoisotopic (exact) mass is 415 g/mol. The van der Waals surface area contributed by atoms with E-state index in [-0.39, 0.29) is 18.2 Å². The van der Waals surface area contributed by atoms with Crippen LogP contribution in [0, 0.1) is 0 Å². The number of benzene rings is 2. The summed E-state index contributed by atoms with van der Waals surface area (Å²) in [6, 6.07) is 19.6. The molecule has 31 heavy (non-hydrogen) atoms. The number of amides is 2. The molecule has 2 saturated heterocycles. The van der Waals surface area contributed by atoms with Crippen LogP contribution >= 0.6 is 0 Å². The Morgan fingerprint density at radius 2 is 1.68 bits per heavy atom. The van der Waals surface area contributed by atoms with E-state index in [0.717, 1.165) is 48.6 Å². The summed E-state index contributed by atoms with van der Waals surface area (Å²) < 4.78 is 6.01. The summed E-state index contributed by atoms with van der Waals surface area (Å²) in [7, 11) is 1.59. The second-order valence-electron chi connectivity index (χ2n) is 7.94. The van der Waals surface area contributed by atoms with Gasteiger partial charge in [0.05, 0.1) is 17.9 Å². The molecule has 2 aromatic carbocycles. The number of nitrogens with zero attached hydrogens (tertiary/aromatic N) is 3. The zero-order valence-electron chi connectivity index (χ0n) is 17.4. The van der Waals surface area contributed by atoms with Crippen molar-refractivity contribution in [1.29, 1.82) is 0 Å². The molecule has 3 heterocycles. The summed E-state index contributed by atoms with van der Waals surface area (Å²) in [5.41, 5.74) is 3.57. The second kappa shape index (κ2) is 8.35. The van der Waals surface area contributed by atoms with Gasteiger partial charge in [-0.1, -0.05) is 30.3 Å². The van der Waals surface area contributed by atoms with Crippen molar-refractivity contribution in [3.63, 3.8) is 0 Å². The van der Waals surface area contributed by atoms with Gasteiger partial charge in [-0.3, -0.25) is 0 Å². The summed E-state index contributed by atoms with van der Waals surface area (Å²) in [5.74, 6) is 1.60. The molecule has 5 rings (SSSR count). The average Bonchev–Trinajstić information content (AvgIpc) is 3.17. The first-order valence-corrected chi connectivity index (χ1v) is 10.6. The first-order valence-electron chi connectivity index (χ1n) is 10.6. The third kappa shape index (κ3) is 4.22. The van der Waals surface area contributed by atoms with Crippen molar-refractivity contribution in [2.24, 2.45) is 0 Å². The molecule has 2 aliphatic heterocycles. The molecule has 2 amide bonds. The molecule has 2 aliphatic rings. The highest BCUT2D eigenvalue weighted by Crippen LogP contribution is 2.32. The summed E-state index contributed by atoms with van der Waals surface area (Å²) >= 11 is 0. The second-order valence-corrected chi connectivity index (χ2v) is 7.94. The van der Waals surface area contributed by atoms with Gasteiger partial charge in [0.1, 0.15) is 5.82 Å². The molecule has 2 fully saturated rings. The van der Waals surface area contributed by atoms with Gasteiger partial charge in [0.25, 0.3) is 0 Å². The third-order valence-corrected chi connectivity index (χ3v) is 5.78. The third-order valence-electron chi connectivity index (χ3n) is 5.78. The number of anilines is 2. The Hall–Kier alpha value is -3.45. The minimum absolute atomic E-state index is 0.251. The smallest absolute Gasteiger partial charge is 0.318 e. The lowest BCUT2D eigenvalue weighted by Crippen LogP contribution is -2.43. The summed E-state index contributed by atoms with van der Waals surface area (Å²) in [6.07, 6.45) is 2.80. The first kappa shape index (κ1) is 19.5. The fourth-order valence-corrected chi connectivity index (χ4v) is 4.18.